The van der Waals surface area contributed by atoms with Crippen molar-refractivity contribution in [3.05, 3.63) is 59.7 Å². The number of imidazole rings is 1. The SMILES string of the molecule is CCCN(Cc1nc2ccccc2n1C[C@H]1CCC[N+](C(=O)O)(C(C)(C)C)C1)[C@H]1CCCc2cccnc21. The molecule has 0 spiro atoms. The van der Waals surface area contributed by atoms with E-state index >= 15 is 0 Å². The lowest BCUT2D eigenvalue weighted by Crippen LogP contribution is -2.67. The molecular weight excluding hydrogens is 474 g/mol. The van der Waals surface area contributed by atoms with Crippen molar-refractivity contribution >= 4 is 17.1 Å². The van der Waals surface area contributed by atoms with Gasteiger partial charge in [0.25, 0.3) is 0 Å². The monoisotopic (exact) mass is 518 g/mol. The minimum atomic E-state index is -0.699. The Bertz CT molecular complexity index is 1280. The predicted molar refractivity (Wildman–Crippen MR) is 151 cm³/mol. The van der Waals surface area contributed by atoms with Crippen LogP contribution in [0.2, 0.25) is 0 Å². The van der Waals surface area contributed by atoms with Crippen LogP contribution in [0.1, 0.15) is 82.9 Å². The van der Waals surface area contributed by atoms with Crippen LogP contribution in [0.15, 0.2) is 42.6 Å². The number of carboxylic acid groups (broad SMARTS) is 1. The molecule has 0 radical (unpaired) electrons. The first-order chi connectivity index (χ1) is 18.2. The predicted octanol–water partition coefficient (Wildman–Crippen LogP) is 6.42. The lowest BCUT2D eigenvalue weighted by Gasteiger charge is -2.48. The first-order valence-electron chi connectivity index (χ1n) is 14.5. The van der Waals surface area contributed by atoms with E-state index in [1.54, 1.807) is 0 Å². The number of piperidine rings is 1. The minimum absolute atomic E-state index is 0.131. The van der Waals surface area contributed by atoms with Crippen LogP contribution in [0.5, 0.6) is 0 Å². The summed E-state index contributed by atoms with van der Waals surface area (Å²) >= 11 is 0. The van der Waals surface area contributed by atoms with E-state index < -0.39 is 6.09 Å². The van der Waals surface area contributed by atoms with E-state index in [0.29, 0.717) is 19.1 Å². The standard InChI is InChI=1S/C31H43N5O2/c1-5-18-34(27-16-8-12-24-13-9-17-32-29(24)27)21-28-33-25-14-6-7-15-26(25)35(28)20-23-11-10-19-36(22-23,30(37)38)31(2,3)4/h6-7,9,13-15,17,23,27H,5,8,10-12,16,18-22H2,1-4H3/p+1/t23-,27+,36?/m1/s1. The van der Waals surface area contributed by atoms with Crippen LogP contribution < -0.4 is 0 Å². The highest BCUT2D eigenvalue weighted by Crippen LogP contribution is 2.36. The van der Waals surface area contributed by atoms with Crippen molar-refractivity contribution < 1.29 is 14.4 Å². The van der Waals surface area contributed by atoms with Gasteiger partial charge in [0.05, 0.1) is 42.4 Å². The van der Waals surface area contributed by atoms with Crippen molar-refractivity contribution in [2.45, 2.75) is 90.9 Å². The number of quaternary nitrogens is 1. The van der Waals surface area contributed by atoms with E-state index in [1.165, 1.54) is 17.7 Å². The summed E-state index contributed by atoms with van der Waals surface area (Å²) in [6.45, 7) is 12.4. The molecule has 1 N–H and O–H groups in total. The third-order valence-corrected chi connectivity index (χ3v) is 9.01. The second-order valence-corrected chi connectivity index (χ2v) is 12.4. The van der Waals surface area contributed by atoms with Gasteiger partial charge in [0.1, 0.15) is 11.4 Å². The molecule has 1 fully saturated rings. The van der Waals surface area contributed by atoms with Gasteiger partial charge in [-0.25, -0.2) is 9.47 Å². The Kier molecular flexibility index (Phi) is 7.60. The molecule has 2 aliphatic rings. The summed E-state index contributed by atoms with van der Waals surface area (Å²) in [6.07, 6.45) is 7.71. The molecule has 1 aromatic carbocycles. The number of rotatable bonds is 7. The van der Waals surface area contributed by atoms with E-state index in [4.69, 9.17) is 9.97 Å². The highest BCUT2D eigenvalue weighted by Gasteiger charge is 2.50. The molecule has 1 aliphatic carbocycles. The lowest BCUT2D eigenvalue weighted by atomic mass is 9.89. The Morgan fingerprint density at radius 1 is 1.16 bits per heavy atom. The lowest BCUT2D eigenvalue weighted by molar-refractivity contribution is -0.911. The molecule has 3 atom stereocenters. The fourth-order valence-corrected chi connectivity index (χ4v) is 6.95. The van der Waals surface area contributed by atoms with Gasteiger partial charge >= 0.3 is 6.09 Å². The van der Waals surface area contributed by atoms with Gasteiger partial charge in [-0.1, -0.05) is 25.1 Å². The fraction of sp³-hybridized carbons (Fsp3) is 0.581. The molecule has 0 bridgehead atoms. The van der Waals surface area contributed by atoms with Gasteiger partial charge in [0, 0.05) is 18.7 Å². The van der Waals surface area contributed by atoms with Crippen LogP contribution in [0.4, 0.5) is 4.79 Å². The van der Waals surface area contributed by atoms with Gasteiger partial charge in [-0.15, -0.1) is 0 Å². The average molecular weight is 519 g/mol. The number of nitrogens with zero attached hydrogens (tertiary/aromatic N) is 5. The molecule has 7 nitrogen and oxygen atoms in total. The van der Waals surface area contributed by atoms with Crippen molar-refractivity contribution in [1.29, 1.82) is 0 Å². The number of likely N-dealkylation sites (tertiary alicyclic amines) is 1. The van der Waals surface area contributed by atoms with Gasteiger partial charge in [-0.2, -0.15) is 4.79 Å². The van der Waals surface area contributed by atoms with Crippen molar-refractivity contribution in [2.75, 3.05) is 19.6 Å². The van der Waals surface area contributed by atoms with Gasteiger partial charge in [0.15, 0.2) is 0 Å². The summed E-state index contributed by atoms with van der Waals surface area (Å²) < 4.78 is 2.53. The van der Waals surface area contributed by atoms with Crippen LogP contribution in [0, 0.1) is 5.92 Å². The first-order valence-corrected chi connectivity index (χ1v) is 14.5. The van der Waals surface area contributed by atoms with Crippen molar-refractivity contribution in [3.63, 3.8) is 0 Å². The Morgan fingerprint density at radius 3 is 2.74 bits per heavy atom. The Morgan fingerprint density at radius 2 is 1.97 bits per heavy atom. The normalized spacial score (nSPS) is 24.0. The minimum Gasteiger partial charge on any atom is -0.435 e. The maximum absolute atomic E-state index is 12.6. The smallest absolute Gasteiger partial charge is 0.435 e. The highest BCUT2D eigenvalue weighted by molar-refractivity contribution is 5.75. The highest BCUT2D eigenvalue weighted by atomic mass is 16.4. The Labute approximate surface area is 227 Å². The van der Waals surface area contributed by atoms with E-state index in [0.717, 1.165) is 68.6 Å². The number of hydrogen-bond donors (Lipinski definition) is 1. The molecule has 5 rings (SSSR count). The molecule has 38 heavy (non-hydrogen) atoms. The zero-order valence-corrected chi connectivity index (χ0v) is 23.6. The number of benzene rings is 1. The number of aryl methyl sites for hydroxylation is 1. The van der Waals surface area contributed by atoms with Crippen LogP contribution >= 0.6 is 0 Å². The third kappa shape index (κ3) is 4.98. The number of hydrogen-bond acceptors (Lipinski definition) is 4. The largest absolute Gasteiger partial charge is 0.513 e. The number of carbonyl (C=O) groups is 1. The molecule has 1 aliphatic heterocycles. The van der Waals surface area contributed by atoms with Gasteiger partial charge in [-0.3, -0.25) is 9.88 Å². The number of para-hydroxylation sites is 2. The quantitative estimate of drug-likeness (QED) is 0.365. The number of aromatic nitrogens is 3. The van der Waals surface area contributed by atoms with Crippen molar-refractivity contribution in [3.8, 4) is 0 Å². The average Bonchev–Trinajstić information content (AvgIpc) is 3.24. The van der Waals surface area contributed by atoms with Crippen LogP contribution in [0.25, 0.3) is 11.0 Å². The number of fused-ring (bicyclic) bond motifs is 2. The van der Waals surface area contributed by atoms with Gasteiger partial charge in [0.2, 0.25) is 0 Å². The summed E-state index contributed by atoms with van der Waals surface area (Å²) in [4.78, 5) is 25.1. The summed E-state index contributed by atoms with van der Waals surface area (Å²) in [7, 11) is 0. The Hall–Kier alpha value is -2.77. The zero-order chi connectivity index (χ0) is 26.9. The molecule has 7 heteroatoms. The number of amides is 1. The number of pyridine rings is 1. The van der Waals surface area contributed by atoms with Crippen molar-refractivity contribution in [1.82, 2.24) is 19.4 Å². The first kappa shape index (κ1) is 26.8. The third-order valence-electron chi connectivity index (χ3n) is 9.01. The molecule has 1 unspecified atom stereocenters. The summed E-state index contributed by atoms with van der Waals surface area (Å²) in [6, 6.07) is 13.0. The maximum Gasteiger partial charge on any atom is 0.513 e. The van der Waals surface area contributed by atoms with Gasteiger partial charge < -0.3 is 9.67 Å². The molecule has 3 aromatic rings. The van der Waals surface area contributed by atoms with Crippen molar-refractivity contribution in [2.24, 2.45) is 5.92 Å². The van der Waals surface area contributed by atoms with E-state index in [2.05, 4.69) is 73.6 Å². The summed E-state index contributed by atoms with van der Waals surface area (Å²) in [5.41, 5.74) is 4.44. The van der Waals surface area contributed by atoms with Crippen LogP contribution in [-0.2, 0) is 19.5 Å². The second-order valence-electron chi connectivity index (χ2n) is 12.4. The molecule has 0 saturated carbocycles. The summed E-state index contributed by atoms with van der Waals surface area (Å²) in [5, 5.41) is 10.3. The second kappa shape index (κ2) is 10.8. The topological polar surface area (TPSA) is 71.2 Å². The van der Waals surface area contributed by atoms with E-state index in [1.807, 2.05) is 6.20 Å². The molecule has 1 amide bonds. The zero-order valence-electron chi connectivity index (χ0n) is 23.6. The molecule has 204 valence electrons. The van der Waals surface area contributed by atoms with E-state index in [-0.39, 0.29) is 15.9 Å². The van der Waals surface area contributed by atoms with Crippen LogP contribution in [-0.4, -0.2) is 60.3 Å². The molecular formula is C31H44N5O2+. The Balaban J connectivity index is 1.47. The van der Waals surface area contributed by atoms with E-state index in [9.17, 15) is 9.90 Å². The molecule has 2 aromatic heterocycles. The maximum atomic E-state index is 12.6. The summed E-state index contributed by atoms with van der Waals surface area (Å²) in [5.74, 6) is 1.37. The van der Waals surface area contributed by atoms with Gasteiger partial charge in [-0.05, 0) is 89.6 Å². The molecule has 3 heterocycles. The van der Waals surface area contributed by atoms with Crippen LogP contribution in [0.3, 0.4) is 0 Å². The molecule has 1 saturated heterocycles. The fourth-order valence-electron chi connectivity index (χ4n) is 6.95.